The molecule has 1 aliphatic carbocycles. The van der Waals surface area contributed by atoms with Gasteiger partial charge in [-0.05, 0) is 31.2 Å². The summed E-state index contributed by atoms with van der Waals surface area (Å²) in [5.74, 6) is 0.855. The molecule has 4 atom stereocenters. The van der Waals surface area contributed by atoms with Crippen LogP contribution >= 0.6 is 0 Å². The number of benzene rings is 1. The molecule has 4 N–H and O–H groups in total. The number of para-hydroxylation sites is 1. The minimum Gasteiger partial charge on any atom is -0.496 e. The molecule has 4 rings (SSSR count). The lowest BCUT2D eigenvalue weighted by Gasteiger charge is -2.28. The van der Waals surface area contributed by atoms with E-state index >= 15 is 0 Å². The average Bonchev–Trinajstić information content (AvgIpc) is 3.70. The van der Waals surface area contributed by atoms with Crippen molar-refractivity contribution in [3.63, 3.8) is 0 Å². The fraction of sp³-hybridized carbons (Fsp3) is 0.625. The maximum atomic E-state index is 13.6. The van der Waals surface area contributed by atoms with Crippen LogP contribution in [0.3, 0.4) is 0 Å². The maximum Gasteiger partial charge on any atom is 0.243 e. The van der Waals surface area contributed by atoms with E-state index in [-0.39, 0.29) is 29.9 Å². The average molecular weight is 570 g/mol. The zero-order valence-corrected chi connectivity index (χ0v) is 25.8. The molecule has 9 heteroatoms. The van der Waals surface area contributed by atoms with Gasteiger partial charge >= 0.3 is 0 Å². The number of Topliss-reactive ketones (excluding diaryl/α,β-unsaturated/α-hetero) is 1. The van der Waals surface area contributed by atoms with Crippen molar-refractivity contribution < 1.29 is 19.1 Å². The number of aromatic nitrogens is 2. The Kier molecular flexibility index (Phi) is 14.6. The first-order valence-electron chi connectivity index (χ1n) is 15.3. The van der Waals surface area contributed by atoms with Crippen molar-refractivity contribution in [3.8, 4) is 5.75 Å². The number of nitrogens with two attached hydrogens (primary N) is 1. The Balaban J connectivity index is 0.00000141. The van der Waals surface area contributed by atoms with Crippen molar-refractivity contribution in [1.29, 1.82) is 0 Å². The van der Waals surface area contributed by atoms with Gasteiger partial charge in [0.2, 0.25) is 11.8 Å². The molecule has 228 valence electrons. The van der Waals surface area contributed by atoms with Crippen LogP contribution in [0.4, 0.5) is 0 Å². The SMILES string of the molecule is CC.CC.COc1ccccc1C(N)CC(=O)N1CC(C2CCCCC2)C[C@H]1C(=O)N[C@@H](Cc1cnc[nH]1)C(C)=O. The van der Waals surface area contributed by atoms with Crippen molar-refractivity contribution in [2.45, 2.75) is 104 Å². The molecule has 1 saturated carbocycles. The second-order valence-corrected chi connectivity index (χ2v) is 10.5. The van der Waals surface area contributed by atoms with Crippen LogP contribution in [0.2, 0.25) is 0 Å². The van der Waals surface area contributed by atoms with Crippen LogP contribution in [0.15, 0.2) is 36.8 Å². The number of nitrogens with zero attached hydrogens (tertiary/aromatic N) is 2. The second kappa shape index (κ2) is 17.6. The van der Waals surface area contributed by atoms with Gasteiger partial charge in [-0.2, -0.15) is 0 Å². The lowest BCUT2D eigenvalue weighted by Crippen LogP contribution is -2.51. The summed E-state index contributed by atoms with van der Waals surface area (Å²) in [5.41, 5.74) is 7.98. The van der Waals surface area contributed by atoms with E-state index in [0.717, 1.165) is 24.1 Å². The number of aromatic amines is 1. The number of nitrogens with one attached hydrogen (secondary N) is 2. The Morgan fingerprint density at radius 1 is 1.10 bits per heavy atom. The zero-order valence-electron chi connectivity index (χ0n) is 25.8. The van der Waals surface area contributed by atoms with E-state index in [9.17, 15) is 14.4 Å². The third kappa shape index (κ3) is 9.42. The van der Waals surface area contributed by atoms with Crippen LogP contribution in [-0.2, 0) is 20.8 Å². The number of amides is 2. The summed E-state index contributed by atoms with van der Waals surface area (Å²) in [6, 6.07) is 5.57. The van der Waals surface area contributed by atoms with Crippen molar-refractivity contribution in [2.75, 3.05) is 13.7 Å². The lowest BCUT2D eigenvalue weighted by molar-refractivity contribution is -0.139. The van der Waals surface area contributed by atoms with Gasteiger partial charge < -0.3 is 25.7 Å². The fourth-order valence-electron chi connectivity index (χ4n) is 5.91. The summed E-state index contributed by atoms with van der Waals surface area (Å²) in [6.45, 7) is 10.0. The number of carbonyl (C=O) groups excluding carboxylic acids is 3. The number of H-pyrrole nitrogens is 1. The smallest absolute Gasteiger partial charge is 0.243 e. The van der Waals surface area contributed by atoms with Crippen molar-refractivity contribution in [3.05, 3.63) is 48.0 Å². The van der Waals surface area contributed by atoms with E-state index in [1.807, 2.05) is 52.0 Å². The number of carbonyl (C=O) groups is 3. The number of ketones is 1. The van der Waals surface area contributed by atoms with Gasteiger partial charge in [0.1, 0.15) is 11.8 Å². The van der Waals surface area contributed by atoms with Gasteiger partial charge in [-0.15, -0.1) is 0 Å². The third-order valence-corrected chi connectivity index (χ3v) is 7.99. The molecule has 1 aliphatic heterocycles. The summed E-state index contributed by atoms with van der Waals surface area (Å²) in [6.07, 6.45) is 10.1. The van der Waals surface area contributed by atoms with Crippen molar-refractivity contribution in [2.24, 2.45) is 17.6 Å². The van der Waals surface area contributed by atoms with E-state index < -0.39 is 18.1 Å². The molecule has 2 unspecified atom stereocenters. The number of likely N-dealkylation sites (tertiary alicyclic amines) is 1. The van der Waals surface area contributed by atoms with E-state index in [1.165, 1.54) is 26.2 Å². The molecule has 9 nitrogen and oxygen atoms in total. The summed E-state index contributed by atoms with van der Waals surface area (Å²) in [5, 5.41) is 2.93. The minimum atomic E-state index is -0.686. The molecule has 2 heterocycles. The summed E-state index contributed by atoms with van der Waals surface area (Å²) < 4.78 is 5.43. The minimum absolute atomic E-state index is 0.0752. The number of hydrogen-bond acceptors (Lipinski definition) is 6. The predicted octanol–water partition coefficient (Wildman–Crippen LogP) is 4.97. The van der Waals surface area contributed by atoms with Crippen LogP contribution in [0, 0.1) is 11.8 Å². The van der Waals surface area contributed by atoms with E-state index in [4.69, 9.17) is 10.5 Å². The summed E-state index contributed by atoms with van der Waals surface area (Å²) >= 11 is 0. The first-order valence-corrected chi connectivity index (χ1v) is 15.3. The van der Waals surface area contributed by atoms with Crippen molar-refractivity contribution >= 4 is 17.6 Å². The molecule has 1 aromatic carbocycles. The highest BCUT2D eigenvalue weighted by atomic mass is 16.5. The normalized spacial score (nSPS) is 20.0. The number of ether oxygens (including phenoxy) is 1. The van der Waals surface area contributed by atoms with Gasteiger partial charge in [-0.3, -0.25) is 14.4 Å². The molecule has 41 heavy (non-hydrogen) atoms. The maximum absolute atomic E-state index is 13.6. The Morgan fingerprint density at radius 3 is 2.39 bits per heavy atom. The largest absolute Gasteiger partial charge is 0.496 e. The molecule has 0 spiro atoms. The van der Waals surface area contributed by atoms with Gasteiger partial charge in [-0.1, -0.05) is 78.0 Å². The molecule has 2 aromatic rings. The molecule has 1 saturated heterocycles. The Bertz CT molecular complexity index is 1070. The Morgan fingerprint density at radius 2 is 1.78 bits per heavy atom. The molecule has 0 bridgehead atoms. The molecule has 0 radical (unpaired) electrons. The molecular formula is C32H51N5O4. The van der Waals surface area contributed by atoms with Crippen LogP contribution in [0.1, 0.15) is 96.9 Å². The zero-order chi connectivity index (χ0) is 30.4. The monoisotopic (exact) mass is 569 g/mol. The van der Waals surface area contributed by atoms with Crippen LogP contribution < -0.4 is 15.8 Å². The molecular weight excluding hydrogens is 518 g/mol. The molecule has 1 aromatic heterocycles. The van der Waals surface area contributed by atoms with Gasteiger partial charge in [0.15, 0.2) is 5.78 Å². The predicted molar refractivity (Wildman–Crippen MR) is 162 cm³/mol. The second-order valence-electron chi connectivity index (χ2n) is 10.5. The van der Waals surface area contributed by atoms with E-state index in [1.54, 1.807) is 24.5 Å². The number of rotatable bonds is 10. The third-order valence-electron chi connectivity index (χ3n) is 7.99. The molecule has 2 amide bonds. The summed E-state index contributed by atoms with van der Waals surface area (Å²) in [7, 11) is 1.58. The van der Waals surface area contributed by atoms with E-state index in [0.29, 0.717) is 31.1 Å². The van der Waals surface area contributed by atoms with E-state index in [2.05, 4.69) is 15.3 Å². The van der Waals surface area contributed by atoms with Crippen LogP contribution in [0.25, 0.3) is 0 Å². The Labute approximate surface area is 246 Å². The Hall–Kier alpha value is -3.20. The standard InChI is InChI=1S/C28H39N5O4.2C2H6/c1-18(34)24(13-21-15-30-17-31-21)32-28(36)25-12-20(19-8-4-3-5-9-19)16-33(25)27(35)14-23(29)22-10-6-7-11-26(22)37-2;2*1-2/h6-7,10-11,15,17,19-20,23-25H,3-5,8-9,12-14,16,29H2,1-2H3,(H,30,31)(H,32,36);2*1-2H3/t20?,23?,24-,25-;;/m0../s1. The topological polar surface area (TPSA) is 130 Å². The first kappa shape index (κ1) is 34.0. The highest BCUT2D eigenvalue weighted by Crippen LogP contribution is 2.38. The van der Waals surface area contributed by atoms with Crippen molar-refractivity contribution in [1.82, 2.24) is 20.2 Å². The van der Waals surface area contributed by atoms with Gasteiger partial charge in [0, 0.05) is 42.9 Å². The first-order chi connectivity index (χ1) is 19.9. The number of hydrogen-bond donors (Lipinski definition) is 3. The van der Waals surface area contributed by atoms with Crippen LogP contribution in [0.5, 0.6) is 5.75 Å². The summed E-state index contributed by atoms with van der Waals surface area (Å²) in [4.78, 5) is 48.2. The molecule has 2 fully saturated rings. The molecule has 2 aliphatic rings. The highest BCUT2D eigenvalue weighted by molar-refractivity contribution is 5.92. The lowest BCUT2D eigenvalue weighted by atomic mass is 9.79. The van der Waals surface area contributed by atoms with Gasteiger partial charge in [0.05, 0.1) is 19.5 Å². The van der Waals surface area contributed by atoms with Crippen LogP contribution in [-0.4, -0.2) is 58.2 Å². The quantitative estimate of drug-likeness (QED) is 0.370. The van der Waals surface area contributed by atoms with Gasteiger partial charge in [0.25, 0.3) is 0 Å². The van der Waals surface area contributed by atoms with Gasteiger partial charge in [-0.25, -0.2) is 4.98 Å². The highest BCUT2D eigenvalue weighted by Gasteiger charge is 2.43. The number of methoxy groups -OCH3 is 1. The fourth-order valence-corrected chi connectivity index (χ4v) is 5.91. The number of imidazole rings is 1.